The van der Waals surface area contributed by atoms with Crippen molar-refractivity contribution in [2.45, 2.75) is 12.8 Å². The van der Waals surface area contributed by atoms with Crippen LogP contribution >= 0.6 is 11.3 Å². The van der Waals surface area contributed by atoms with Crippen LogP contribution in [0.5, 0.6) is 0 Å². The Hall–Kier alpha value is -3.79. The molecule has 32 heavy (non-hydrogen) atoms. The summed E-state index contributed by atoms with van der Waals surface area (Å²) >= 11 is 1.07. The van der Waals surface area contributed by atoms with E-state index in [1.807, 2.05) is 42.5 Å². The second-order valence-corrected chi connectivity index (χ2v) is 8.01. The number of benzene rings is 1. The van der Waals surface area contributed by atoms with Crippen molar-refractivity contribution in [3.63, 3.8) is 0 Å². The van der Waals surface area contributed by atoms with E-state index in [9.17, 15) is 13.6 Å². The summed E-state index contributed by atoms with van der Waals surface area (Å²) in [5.74, 6) is 0.405. The van der Waals surface area contributed by atoms with Gasteiger partial charge in [0.05, 0.1) is 11.8 Å². The highest BCUT2D eigenvalue weighted by Crippen LogP contribution is 2.31. The fourth-order valence-corrected chi connectivity index (χ4v) is 4.27. The summed E-state index contributed by atoms with van der Waals surface area (Å²) in [6, 6.07) is 13.2. The van der Waals surface area contributed by atoms with Crippen LogP contribution in [0.3, 0.4) is 0 Å². The zero-order valence-corrected chi connectivity index (χ0v) is 17.6. The zero-order valence-electron chi connectivity index (χ0n) is 16.8. The van der Waals surface area contributed by atoms with Crippen LogP contribution in [-0.2, 0) is 13.5 Å². The van der Waals surface area contributed by atoms with Crippen LogP contribution in [0.4, 0.5) is 8.78 Å². The first-order valence-corrected chi connectivity index (χ1v) is 10.6. The van der Waals surface area contributed by atoms with E-state index < -0.39 is 6.43 Å². The number of nitrogens with zero attached hydrogens (tertiary/aromatic N) is 6. The van der Waals surface area contributed by atoms with E-state index in [0.29, 0.717) is 27.7 Å². The molecule has 0 amide bonds. The SMILES string of the molecule is Cn1ncc(-c2nc(C(F)F)cs2)c1C(=O)Cc1ccn2nc(-c3ccccc3)nc2c1. The maximum Gasteiger partial charge on any atom is 0.281 e. The van der Waals surface area contributed by atoms with Crippen molar-refractivity contribution < 1.29 is 13.6 Å². The highest BCUT2D eigenvalue weighted by atomic mass is 32.1. The number of carbonyl (C=O) groups is 1. The van der Waals surface area contributed by atoms with Crippen LogP contribution in [0.25, 0.3) is 27.6 Å². The molecule has 0 saturated heterocycles. The first-order valence-electron chi connectivity index (χ1n) is 9.69. The van der Waals surface area contributed by atoms with Crippen molar-refractivity contribution in [2.75, 3.05) is 0 Å². The van der Waals surface area contributed by atoms with Crippen LogP contribution in [0.15, 0.2) is 60.2 Å². The van der Waals surface area contributed by atoms with Crippen molar-refractivity contribution in [3.05, 3.63) is 77.2 Å². The van der Waals surface area contributed by atoms with E-state index in [1.54, 1.807) is 17.8 Å². The minimum absolute atomic E-state index is 0.101. The predicted octanol–water partition coefficient (Wildman–Crippen LogP) is 4.62. The van der Waals surface area contributed by atoms with Gasteiger partial charge in [0.2, 0.25) is 0 Å². The van der Waals surface area contributed by atoms with Gasteiger partial charge in [0.1, 0.15) is 16.4 Å². The fourth-order valence-electron chi connectivity index (χ4n) is 3.45. The van der Waals surface area contributed by atoms with Gasteiger partial charge in [0, 0.05) is 30.6 Å². The Morgan fingerprint density at radius 2 is 1.97 bits per heavy atom. The summed E-state index contributed by atoms with van der Waals surface area (Å²) in [7, 11) is 1.65. The minimum atomic E-state index is -2.66. The molecule has 0 saturated carbocycles. The molecule has 10 heteroatoms. The molecule has 0 aliphatic rings. The number of ketones is 1. The molecule has 0 unspecified atom stereocenters. The van der Waals surface area contributed by atoms with Gasteiger partial charge >= 0.3 is 0 Å². The summed E-state index contributed by atoms with van der Waals surface area (Å²) < 4.78 is 29.0. The molecule has 0 radical (unpaired) electrons. The predicted molar refractivity (Wildman–Crippen MR) is 116 cm³/mol. The Balaban J connectivity index is 1.43. The standard InChI is InChI=1S/C22H16F2N6OS/c1-29-19(15(11-25-29)22-26-16(12-32-22)20(23)24)17(31)9-13-7-8-30-18(10-13)27-21(28-30)14-5-3-2-4-6-14/h2-8,10-12,20H,9H2,1H3. The van der Waals surface area contributed by atoms with Crippen LogP contribution in [-0.4, -0.2) is 35.1 Å². The number of pyridine rings is 1. The lowest BCUT2D eigenvalue weighted by Gasteiger charge is -2.05. The van der Waals surface area contributed by atoms with E-state index >= 15 is 0 Å². The zero-order chi connectivity index (χ0) is 22.2. The third-order valence-electron chi connectivity index (χ3n) is 4.98. The second kappa shape index (κ2) is 8.04. The molecular formula is C22H16F2N6OS. The number of hydrogen-bond donors (Lipinski definition) is 0. The summed E-state index contributed by atoms with van der Waals surface area (Å²) in [6.07, 6.45) is 0.683. The molecule has 0 N–H and O–H groups in total. The molecule has 5 rings (SSSR count). The topological polar surface area (TPSA) is 78.0 Å². The number of rotatable bonds is 6. The van der Waals surface area contributed by atoms with Gasteiger partial charge in [-0.15, -0.1) is 16.4 Å². The van der Waals surface area contributed by atoms with E-state index in [0.717, 1.165) is 22.5 Å². The number of thiazole rings is 1. The Kier molecular flexibility index (Phi) is 5.06. The molecule has 1 aromatic carbocycles. The maximum absolute atomic E-state index is 13.1. The lowest BCUT2D eigenvalue weighted by Crippen LogP contribution is -2.11. The van der Waals surface area contributed by atoms with Gasteiger partial charge in [-0.1, -0.05) is 30.3 Å². The van der Waals surface area contributed by atoms with Crippen molar-refractivity contribution in [2.24, 2.45) is 7.05 Å². The van der Waals surface area contributed by atoms with E-state index in [1.165, 1.54) is 16.3 Å². The normalized spacial score (nSPS) is 11.5. The molecular weight excluding hydrogens is 434 g/mol. The molecule has 0 fully saturated rings. The fraction of sp³-hybridized carbons (Fsp3) is 0.136. The highest BCUT2D eigenvalue weighted by molar-refractivity contribution is 7.13. The first kappa shape index (κ1) is 20.1. The Bertz CT molecular complexity index is 1420. The monoisotopic (exact) mass is 450 g/mol. The number of aryl methyl sites for hydroxylation is 1. The minimum Gasteiger partial charge on any atom is -0.292 e. The average Bonchev–Trinajstić information content (AvgIpc) is 3.51. The molecule has 0 aliphatic heterocycles. The van der Waals surface area contributed by atoms with E-state index in [4.69, 9.17) is 0 Å². The molecule has 0 bridgehead atoms. The largest absolute Gasteiger partial charge is 0.292 e. The molecule has 4 aromatic heterocycles. The Labute approximate surface area is 185 Å². The van der Waals surface area contributed by atoms with E-state index in [2.05, 4.69) is 20.2 Å². The highest BCUT2D eigenvalue weighted by Gasteiger charge is 2.22. The smallest absolute Gasteiger partial charge is 0.281 e. The lowest BCUT2D eigenvalue weighted by molar-refractivity contribution is 0.0984. The Morgan fingerprint density at radius 3 is 2.72 bits per heavy atom. The third-order valence-corrected chi connectivity index (χ3v) is 5.87. The number of fused-ring (bicyclic) bond motifs is 1. The van der Waals surface area contributed by atoms with Gasteiger partial charge in [-0.05, 0) is 17.7 Å². The van der Waals surface area contributed by atoms with Crippen LogP contribution in [0.2, 0.25) is 0 Å². The Morgan fingerprint density at radius 1 is 1.16 bits per heavy atom. The van der Waals surface area contributed by atoms with E-state index in [-0.39, 0.29) is 17.9 Å². The third kappa shape index (κ3) is 3.69. The number of hydrogen-bond acceptors (Lipinski definition) is 6. The van der Waals surface area contributed by atoms with Crippen molar-refractivity contribution >= 4 is 22.8 Å². The van der Waals surface area contributed by atoms with Crippen LogP contribution in [0, 0.1) is 0 Å². The van der Waals surface area contributed by atoms with Crippen molar-refractivity contribution in [1.29, 1.82) is 0 Å². The van der Waals surface area contributed by atoms with Crippen LogP contribution < -0.4 is 0 Å². The summed E-state index contributed by atoms with van der Waals surface area (Å²) in [6.45, 7) is 0. The summed E-state index contributed by atoms with van der Waals surface area (Å²) in [4.78, 5) is 21.6. The van der Waals surface area contributed by atoms with Crippen LogP contribution in [0.1, 0.15) is 28.2 Å². The first-order chi connectivity index (χ1) is 15.5. The second-order valence-electron chi connectivity index (χ2n) is 7.15. The number of halogens is 2. The van der Waals surface area contributed by atoms with Gasteiger partial charge in [-0.2, -0.15) is 5.10 Å². The molecule has 0 atom stereocenters. The van der Waals surface area contributed by atoms with Crippen molar-refractivity contribution in [1.82, 2.24) is 29.4 Å². The molecule has 4 heterocycles. The maximum atomic E-state index is 13.1. The quantitative estimate of drug-likeness (QED) is 0.353. The summed E-state index contributed by atoms with van der Waals surface area (Å²) in [5.41, 5.74) is 2.75. The number of alkyl halides is 2. The number of Topliss-reactive ketones (excluding diaryl/α,β-unsaturated/α-hetero) is 1. The van der Waals surface area contributed by atoms with Gasteiger partial charge in [0.25, 0.3) is 6.43 Å². The number of carbonyl (C=O) groups excluding carboxylic acids is 1. The molecule has 7 nitrogen and oxygen atoms in total. The molecule has 0 aliphatic carbocycles. The lowest BCUT2D eigenvalue weighted by atomic mass is 10.1. The van der Waals surface area contributed by atoms with Gasteiger partial charge in [-0.3, -0.25) is 9.48 Å². The summed E-state index contributed by atoms with van der Waals surface area (Å²) in [5, 5.41) is 10.3. The van der Waals surface area contributed by atoms with Gasteiger partial charge in [0.15, 0.2) is 17.3 Å². The molecule has 0 spiro atoms. The number of aromatic nitrogens is 6. The van der Waals surface area contributed by atoms with Gasteiger partial charge < -0.3 is 0 Å². The molecule has 5 aromatic rings. The average molecular weight is 450 g/mol. The van der Waals surface area contributed by atoms with Gasteiger partial charge in [-0.25, -0.2) is 23.3 Å². The van der Waals surface area contributed by atoms with Crippen molar-refractivity contribution in [3.8, 4) is 22.0 Å². The molecule has 160 valence electrons.